The summed E-state index contributed by atoms with van der Waals surface area (Å²) in [6.45, 7) is 1.83. The van der Waals surface area contributed by atoms with Crippen LogP contribution >= 0.6 is 0 Å². The van der Waals surface area contributed by atoms with Gasteiger partial charge in [-0.05, 0) is 12.5 Å². The Hall–Kier alpha value is -3.62. The van der Waals surface area contributed by atoms with Gasteiger partial charge in [0.1, 0.15) is 18.8 Å². The fraction of sp³-hybridized carbons (Fsp3) is 0.300. The van der Waals surface area contributed by atoms with Crippen LogP contribution in [0.2, 0.25) is 0 Å². The third-order valence-corrected chi connectivity index (χ3v) is 4.66. The summed E-state index contributed by atoms with van der Waals surface area (Å²) in [5.74, 6) is -1.01. The number of hydrogen-bond acceptors (Lipinski definition) is 7. The lowest BCUT2D eigenvalue weighted by atomic mass is 10.1. The van der Waals surface area contributed by atoms with E-state index in [1.807, 2.05) is 37.3 Å². The monoisotopic (exact) mass is 400 g/mol. The van der Waals surface area contributed by atoms with Crippen LogP contribution in [0.1, 0.15) is 28.9 Å². The minimum absolute atomic E-state index is 0.187. The number of ether oxygens (including phenoxy) is 3. The molecule has 1 heterocycles. The molecule has 0 spiro atoms. The lowest BCUT2D eigenvalue weighted by Gasteiger charge is -2.25. The van der Waals surface area contributed by atoms with Crippen LogP contribution in [0, 0.1) is 10.1 Å². The Morgan fingerprint density at radius 2 is 1.79 bits per heavy atom. The fourth-order valence-electron chi connectivity index (χ4n) is 2.87. The molecular weight excluding hydrogens is 380 g/mol. The number of carbonyl (C=O) groups excluding carboxylic acids is 2. The van der Waals surface area contributed by atoms with E-state index in [-0.39, 0.29) is 36.3 Å². The van der Waals surface area contributed by atoms with Gasteiger partial charge in [0.05, 0.1) is 17.0 Å². The van der Waals surface area contributed by atoms with Crippen molar-refractivity contribution < 1.29 is 28.7 Å². The molecule has 9 nitrogen and oxygen atoms in total. The van der Waals surface area contributed by atoms with Gasteiger partial charge < -0.3 is 19.1 Å². The first kappa shape index (κ1) is 20.1. The SMILES string of the molecule is C[C@H](c1ccccc1)N(C)C(=O)COC(=O)c1cc2c(cc1[N+](=O)[O-])OCCO2. The average molecular weight is 400 g/mol. The lowest BCUT2D eigenvalue weighted by Crippen LogP contribution is -2.33. The van der Waals surface area contributed by atoms with E-state index in [0.717, 1.165) is 11.6 Å². The van der Waals surface area contributed by atoms with Crippen molar-refractivity contribution in [2.24, 2.45) is 0 Å². The number of hydrogen-bond donors (Lipinski definition) is 0. The lowest BCUT2D eigenvalue weighted by molar-refractivity contribution is -0.385. The molecule has 0 aromatic heterocycles. The minimum atomic E-state index is -0.984. The van der Waals surface area contributed by atoms with E-state index in [0.29, 0.717) is 0 Å². The Bertz CT molecular complexity index is 930. The van der Waals surface area contributed by atoms with Crippen LogP contribution in [0.5, 0.6) is 11.5 Å². The number of benzene rings is 2. The highest BCUT2D eigenvalue weighted by atomic mass is 16.6. The van der Waals surface area contributed by atoms with Crippen molar-refractivity contribution >= 4 is 17.6 Å². The Labute approximate surface area is 166 Å². The second-order valence-electron chi connectivity index (χ2n) is 6.44. The van der Waals surface area contributed by atoms with Crippen molar-refractivity contribution in [3.63, 3.8) is 0 Å². The molecule has 0 bridgehead atoms. The van der Waals surface area contributed by atoms with Crippen molar-refractivity contribution in [3.05, 3.63) is 63.7 Å². The van der Waals surface area contributed by atoms with E-state index in [4.69, 9.17) is 14.2 Å². The molecule has 0 saturated heterocycles. The van der Waals surface area contributed by atoms with Crippen LogP contribution in [0.25, 0.3) is 0 Å². The predicted molar refractivity (Wildman–Crippen MR) is 102 cm³/mol. The number of nitrogens with zero attached hydrogens (tertiary/aromatic N) is 2. The number of fused-ring (bicyclic) bond motifs is 1. The molecule has 9 heteroatoms. The first-order valence-electron chi connectivity index (χ1n) is 8.94. The van der Waals surface area contributed by atoms with Gasteiger partial charge in [-0.25, -0.2) is 4.79 Å². The normalized spacial score (nSPS) is 13.3. The molecule has 0 aliphatic carbocycles. The van der Waals surface area contributed by atoms with Crippen LogP contribution in [-0.4, -0.2) is 48.6 Å². The molecule has 0 N–H and O–H groups in total. The highest BCUT2D eigenvalue weighted by Crippen LogP contribution is 2.36. The molecule has 2 aromatic rings. The van der Waals surface area contributed by atoms with Gasteiger partial charge in [0, 0.05) is 13.1 Å². The number of rotatable bonds is 6. The molecule has 152 valence electrons. The minimum Gasteiger partial charge on any atom is -0.486 e. The summed E-state index contributed by atoms with van der Waals surface area (Å²) in [4.78, 5) is 36.9. The van der Waals surface area contributed by atoms with Crippen LogP contribution in [0.4, 0.5) is 5.69 Å². The summed E-state index contributed by atoms with van der Waals surface area (Å²) in [5, 5.41) is 11.3. The molecule has 1 aliphatic rings. The van der Waals surface area contributed by atoms with Gasteiger partial charge in [0.15, 0.2) is 18.1 Å². The first-order chi connectivity index (χ1) is 13.9. The van der Waals surface area contributed by atoms with Gasteiger partial charge in [0.25, 0.3) is 11.6 Å². The Kier molecular flexibility index (Phi) is 5.96. The second-order valence-corrected chi connectivity index (χ2v) is 6.44. The standard InChI is InChI=1S/C20H20N2O7/c1-13(14-6-4-3-5-7-14)21(2)19(23)12-29-20(24)15-10-17-18(28-9-8-27-17)11-16(15)22(25)26/h3-7,10-11,13H,8-9,12H2,1-2H3/t13-/m1/s1. The quantitative estimate of drug-likeness (QED) is 0.417. The van der Waals surface area contributed by atoms with E-state index in [1.54, 1.807) is 7.05 Å². The number of nitro benzene ring substituents is 1. The molecule has 29 heavy (non-hydrogen) atoms. The summed E-state index contributed by atoms with van der Waals surface area (Å²) in [5.41, 5.74) is 0.153. The van der Waals surface area contributed by atoms with Crippen LogP contribution in [0.15, 0.2) is 42.5 Å². The highest BCUT2D eigenvalue weighted by Gasteiger charge is 2.28. The van der Waals surface area contributed by atoms with Crippen molar-refractivity contribution in [2.45, 2.75) is 13.0 Å². The summed E-state index contributed by atoms with van der Waals surface area (Å²) in [7, 11) is 1.60. The molecular formula is C20H20N2O7. The Morgan fingerprint density at radius 1 is 1.17 bits per heavy atom. The maximum Gasteiger partial charge on any atom is 0.345 e. The molecule has 3 rings (SSSR count). The fourth-order valence-corrected chi connectivity index (χ4v) is 2.87. The van der Waals surface area contributed by atoms with E-state index in [9.17, 15) is 19.7 Å². The van der Waals surface area contributed by atoms with Gasteiger partial charge in [-0.2, -0.15) is 0 Å². The van der Waals surface area contributed by atoms with Crippen molar-refractivity contribution in [3.8, 4) is 11.5 Å². The van der Waals surface area contributed by atoms with Gasteiger partial charge in [-0.1, -0.05) is 30.3 Å². The van der Waals surface area contributed by atoms with Gasteiger partial charge in [-0.15, -0.1) is 0 Å². The molecule has 2 aromatic carbocycles. The highest BCUT2D eigenvalue weighted by molar-refractivity contribution is 5.96. The Balaban J connectivity index is 1.70. The molecule has 0 unspecified atom stereocenters. The third kappa shape index (κ3) is 4.45. The van der Waals surface area contributed by atoms with Crippen LogP contribution in [-0.2, 0) is 9.53 Å². The smallest absolute Gasteiger partial charge is 0.345 e. The van der Waals surface area contributed by atoms with Crippen molar-refractivity contribution in [2.75, 3.05) is 26.9 Å². The van der Waals surface area contributed by atoms with E-state index in [1.165, 1.54) is 11.0 Å². The largest absolute Gasteiger partial charge is 0.486 e. The summed E-state index contributed by atoms with van der Waals surface area (Å²) in [6, 6.07) is 11.5. The molecule has 1 aliphatic heterocycles. The van der Waals surface area contributed by atoms with Gasteiger partial charge >= 0.3 is 5.97 Å². The maximum atomic E-state index is 12.4. The van der Waals surface area contributed by atoms with Crippen molar-refractivity contribution in [1.29, 1.82) is 0 Å². The molecule has 0 radical (unpaired) electrons. The Morgan fingerprint density at radius 3 is 2.41 bits per heavy atom. The van der Waals surface area contributed by atoms with E-state index in [2.05, 4.69) is 0 Å². The van der Waals surface area contributed by atoms with Gasteiger partial charge in [-0.3, -0.25) is 14.9 Å². The van der Waals surface area contributed by atoms with E-state index < -0.39 is 29.1 Å². The predicted octanol–water partition coefficient (Wildman–Crippen LogP) is 2.74. The summed E-state index contributed by atoms with van der Waals surface area (Å²) >= 11 is 0. The molecule has 0 fully saturated rings. The van der Waals surface area contributed by atoms with Crippen molar-refractivity contribution in [1.82, 2.24) is 4.90 Å². The number of amides is 1. The molecule has 0 saturated carbocycles. The molecule has 1 amide bonds. The zero-order valence-electron chi connectivity index (χ0n) is 16.0. The van der Waals surface area contributed by atoms with Gasteiger partial charge in [0.2, 0.25) is 0 Å². The second kappa shape index (κ2) is 8.59. The number of likely N-dealkylation sites (N-methyl/N-ethyl adjacent to an activating group) is 1. The summed E-state index contributed by atoms with van der Waals surface area (Å²) in [6.07, 6.45) is 0. The molecule has 1 atom stereocenters. The number of esters is 1. The zero-order chi connectivity index (χ0) is 21.0. The van der Waals surface area contributed by atoms with E-state index >= 15 is 0 Å². The summed E-state index contributed by atoms with van der Waals surface area (Å²) < 4.78 is 15.7. The topological polar surface area (TPSA) is 108 Å². The third-order valence-electron chi connectivity index (χ3n) is 4.66. The number of nitro groups is 1. The van der Waals surface area contributed by atoms with Crippen LogP contribution in [0.3, 0.4) is 0 Å². The van der Waals surface area contributed by atoms with Crippen LogP contribution < -0.4 is 9.47 Å². The number of carbonyl (C=O) groups is 2. The first-order valence-corrected chi connectivity index (χ1v) is 8.94. The maximum absolute atomic E-state index is 12.4. The average Bonchev–Trinajstić information content (AvgIpc) is 2.75. The zero-order valence-corrected chi connectivity index (χ0v) is 16.0.